The first-order chi connectivity index (χ1) is 13.6. The third kappa shape index (κ3) is 4.01. The third-order valence-electron chi connectivity index (χ3n) is 4.52. The van der Waals surface area contributed by atoms with E-state index in [0.717, 1.165) is 44.4 Å². The summed E-state index contributed by atoms with van der Waals surface area (Å²) in [6.45, 7) is 2.67. The number of imidazole rings is 1. The number of pyridine rings is 1. The number of benzene rings is 2. The number of halogens is 1. The maximum absolute atomic E-state index is 5.96. The van der Waals surface area contributed by atoms with Crippen LogP contribution < -0.4 is 5.32 Å². The summed E-state index contributed by atoms with van der Waals surface area (Å²) in [7, 11) is 1.69. The predicted octanol–water partition coefficient (Wildman–Crippen LogP) is 5.39. The summed E-state index contributed by atoms with van der Waals surface area (Å²) < 4.78 is 5.16. The molecule has 4 aromatic rings. The molecule has 5 nitrogen and oxygen atoms in total. The molecule has 2 aromatic heterocycles. The highest BCUT2D eigenvalue weighted by molar-refractivity contribution is 6.30. The van der Waals surface area contributed by atoms with E-state index in [-0.39, 0.29) is 6.04 Å². The Hall–Kier alpha value is -2.89. The zero-order chi connectivity index (χ0) is 19.5. The molecule has 0 saturated carbocycles. The lowest BCUT2D eigenvalue weighted by Gasteiger charge is -2.10. The normalized spacial score (nSPS) is 12.2. The van der Waals surface area contributed by atoms with Crippen LogP contribution in [0.15, 0.2) is 60.8 Å². The SMILES string of the molecule is COCC(C)Nc1nc2ccc(-c3ccc(-c4ccc(Cl)cc4)cn3)cc2[nH]1. The summed E-state index contributed by atoms with van der Waals surface area (Å²) in [4.78, 5) is 12.5. The molecule has 0 amide bonds. The van der Waals surface area contributed by atoms with E-state index in [0.29, 0.717) is 6.61 Å². The lowest BCUT2D eigenvalue weighted by atomic mass is 10.1. The monoisotopic (exact) mass is 392 g/mol. The fourth-order valence-electron chi connectivity index (χ4n) is 3.14. The number of aromatic amines is 1. The summed E-state index contributed by atoms with van der Waals surface area (Å²) in [6, 6.07) is 18.1. The smallest absolute Gasteiger partial charge is 0.201 e. The van der Waals surface area contributed by atoms with Crippen molar-refractivity contribution in [3.05, 3.63) is 65.8 Å². The average Bonchev–Trinajstić information content (AvgIpc) is 3.10. The van der Waals surface area contributed by atoms with Crippen LogP contribution >= 0.6 is 11.6 Å². The molecule has 28 heavy (non-hydrogen) atoms. The van der Waals surface area contributed by atoms with Crippen LogP contribution in [-0.2, 0) is 4.74 Å². The van der Waals surface area contributed by atoms with Gasteiger partial charge in [0.25, 0.3) is 0 Å². The summed E-state index contributed by atoms with van der Waals surface area (Å²) in [5.74, 6) is 0.739. The molecule has 2 heterocycles. The molecule has 0 aliphatic rings. The van der Waals surface area contributed by atoms with Gasteiger partial charge in [0.05, 0.1) is 23.3 Å². The fourth-order valence-corrected chi connectivity index (χ4v) is 3.27. The van der Waals surface area contributed by atoms with Crippen molar-refractivity contribution >= 4 is 28.6 Å². The van der Waals surface area contributed by atoms with Crippen LogP contribution in [0.25, 0.3) is 33.4 Å². The highest BCUT2D eigenvalue weighted by Crippen LogP contribution is 2.26. The Kier molecular flexibility index (Phi) is 5.28. The van der Waals surface area contributed by atoms with Gasteiger partial charge < -0.3 is 15.0 Å². The average molecular weight is 393 g/mol. The van der Waals surface area contributed by atoms with E-state index < -0.39 is 0 Å². The van der Waals surface area contributed by atoms with E-state index in [1.165, 1.54) is 0 Å². The van der Waals surface area contributed by atoms with Gasteiger partial charge in [-0.15, -0.1) is 0 Å². The zero-order valence-corrected chi connectivity index (χ0v) is 16.5. The second kappa shape index (κ2) is 8.00. The summed E-state index contributed by atoms with van der Waals surface area (Å²) in [6.07, 6.45) is 1.88. The van der Waals surface area contributed by atoms with Gasteiger partial charge >= 0.3 is 0 Å². The number of H-pyrrole nitrogens is 1. The van der Waals surface area contributed by atoms with Gasteiger partial charge in [-0.3, -0.25) is 4.98 Å². The highest BCUT2D eigenvalue weighted by atomic mass is 35.5. The standard InChI is InChI=1S/C22H21ClN4O/c1-14(13-28-2)25-22-26-20-10-5-16(11-21(20)27-22)19-9-6-17(12-24-19)15-3-7-18(23)8-4-15/h3-12,14H,13H2,1-2H3,(H2,25,26,27). The fraction of sp³-hybridized carbons (Fsp3) is 0.182. The molecule has 2 aromatic carbocycles. The molecule has 0 bridgehead atoms. The van der Waals surface area contributed by atoms with Crippen molar-refractivity contribution in [3.8, 4) is 22.4 Å². The van der Waals surface area contributed by atoms with Crippen LogP contribution in [0.5, 0.6) is 0 Å². The molecular weight excluding hydrogens is 372 g/mol. The van der Waals surface area contributed by atoms with Crippen LogP contribution in [-0.4, -0.2) is 34.7 Å². The maximum Gasteiger partial charge on any atom is 0.201 e. The van der Waals surface area contributed by atoms with Crippen LogP contribution in [0.1, 0.15) is 6.92 Å². The Morgan fingerprint density at radius 3 is 2.50 bits per heavy atom. The first kappa shape index (κ1) is 18.5. The van der Waals surface area contributed by atoms with E-state index in [1.54, 1.807) is 7.11 Å². The first-order valence-corrected chi connectivity index (χ1v) is 9.48. The minimum atomic E-state index is 0.173. The van der Waals surface area contributed by atoms with Crippen LogP contribution in [0.2, 0.25) is 5.02 Å². The number of fused-ring (bicyclic) bond motifs is 1. The number of anilines is 1. The van der Waals surface area contributed by atoms with Crippen molar-refractivity contribution in [3.63, 3.8) is 0 Å². The Bertz CT molecular complexity index is 1070. The maximum atomic E-state index is 5.96. The van der Waals surface area contributed by atoms with Crippen molar-refractivity contribution < 1.29 is 4.74 Å². The molecule has 142 valence electrons. The van der Waals surface area contributed by atoms with Gasteiger partial charge in [0, 0.05) is 35.5 Å². The zero-order valence-electron chi connectivity index (χ0n) is 15.7. The van der Waals surface area contributed by atoms with E-state index in [4.69, 9.17) is 16.3 Å². The van der Waals surface area contributed by atoms with Crippen molar-refractivity contribution in [1.82, 2.24) is 15.0 Å². The second-order valence-corrected chi connectivity index (χ2v) is 7.19. The number of nitrogens with zero attached hydrogens (tertiary/aromatic N) is 2. The number of hydrogen-bond donors (Lipinski definition) is 2. The van der Waals surface area contributed by atoms with E-state index in [9.17, 15) is 0 Å². The number of rotatable bonds is 6. The van der Waals surface area contributed by atoms with Gasteiger partial charge in [0.2, 0.25) is 5.95 Å². The highest BCUT2D eigenvalue weighted by Gasteiger charge is 2.08. The molecule has 1 unspecified atom stereocenters. The number of methoxy groups -OCH3 is 1. The molecule has 2 N–H and O–H groups in total. The van der Waals surface area contributed by atoms with Gasteiger partial charge in [-0.05, 0) is 42.8 Å². The van der Waals surface area contributed by atoms with Crippen molar-refractivity contribution in [2.45, 2.75) is 13.0 Å². The van der Waals surface area contributed by atoms with Crippen molar-refractivity contribution in [2.75, 3.05) is 19.0 Å². The lowest BCUT2D eigenvalue weighted by Crippen LogP contribution is -2.21. The number of nitrogens with one attached hydrogen (secondary N) is 2. The lowest BCUT2D eigenvalue weighted by molar-refractivity contribution is 0.190. The van der Waals surface area contributed by atoms with Gasteiger partial charge in [-0.2, -0.15) is 0 Å². The van der Waals surface area contributed by atoms with Crippen LogP contribution in [0, 0.1) is 0 Å². The third-order valence-corrected chi connectivity index (χ3v) is 4.77. The molecular formula is C22H21ClN4O. The summed E-state index contributed by atoms with van der Waals surface area (Å²) in [5.41, 5.74) is 5.98. The summed E-state index contributed by atoms with van der Waals surface area (Å²) >= 11 is 5.96. The number of hydrogen-bond acceptors (Lipinski definition) is 4. The molecule has 6 heteroatoms. The minimum Gasteiger partial charge on any atom is -0.383 e. The minimum absolute atomic E-state index is 0.173. The Morgan fingerprint density at radius 1 is 1.04 bits per heavy atom. The van der Waals surface area contributed by atoms with E-state index in [1.807, 2.05) is 55.6 Å². The predicted molar refractivity (Wildman–Crippen MR) is 115 cm³/mol. The largest absolute Gasteiger partial charge is 0.383 e. The quantitative estimate of drug-likeness (QED) is 0.461. The van der Waals surface area contributed by atoms with Crippen LogP contribution in [0.4, 0.5) is 5.95 Å². The van der Waals surface area contributed by atoms with Crippen molar-refractivity contribution in [2.24, 2.45) is 0 Å². The molecule has 0 fully saturated rings. The van der Waals surface area contributed by atoms with Crippen molar-refractivity contribution in [1.29, 1.82) is 0 Å². The Labute approximate surface area is 168 Å². The molecule has 4 rings (SSSR count). The van der Waals surface area contributed by atoms with E-state index in [2.05, 4.69) is 32.4 Å². The molecule has 0 spiro atoms. The molecule has 0 aliphatic carbocycles. The molecule has 0 radical (unpaired) electrons. The van der Waals surface area contributed by atoms with E-state index >= 15 is 0 Å². The molecule has 0 aliphatic heterocycles. The number of aromatic nitrogens is 3. The first-order valence-electron chi connectivity index (χ1n) is 9.10. The second-order valence-electron chi connectivity index (χ2n) is 6.76. The summed E-state index contributed by atoms with van der Waals surface area (Å²) in [5, 5.41) is 4.03. The van der Waals surface area contributed by atoms with Crippen LogP contribution in [0.3, 0.4) is 0 Å². The van der Waals surface area contributed by atoms with Gasteiger partial charge in [-0.1, -0.05) is 35.9 Å². The molecule has 0 saturated heterocycles. The Balaban J connectivity index is 1.57. The van der Waals surface area contributed by atoms with Gasteiger partial charge in [0.15, 0.2) is 0 Å². The van der Waals surface area contributed by atoms with Gasteiger partial charge in [0.1, 0.15) is 0 Å². The molecule has 1 atom stereocenters. The number of ether oxygens (including phenoxy) is 1. The Morgan fingerprint density at radius 2 is 1.79 bits per heavy atom. The topological polar surface area (TPSA) is 62.8 Å². The van der Waals surface area contributed by atoms with Gasteiger partial charge in [-0.25, -0.2) is 4.98 Å².